The molecule has 1 heterocycles. The SMILES string of the molecule is Cc1cc(C(C)NCc2ccccc2C(N)=NO)c(C)o1. The number of benzene rings is 1. The van der Waals surface area contributed by atoms with Gasteiger partial charge in [0, 0.05) is 23.7 Å². The van der Waals surface area contributed by atoms with Crippen LogP contribution in [0.2, 0.25) is 0 Å². The van der Waals surface area contributed by atoms with Crippen molar-refractivity contribution in [1.29, 1.82) is 0 Å². The number of hydrogen-bond acceptors (Lipinski definition) is 4. The lowest BCUT2D eigenvalue weighted by Crippen LogP contribution is -2.22. The Morgan fingerprint density at radius 3 is 2.71 bits per heavy atom. The van der Waals surface area contributed by atoms with E-state index in [4.69, 9.17) is 15.4 Å². The highest BCUT2D eigenvalue weighted by molar-refractivity contribution is 5.98. The van der Waals surface area contributed by atoms with E-state index in [2.05, 4.69) is 17.4 Å². The van der Waals surface area contributed by atoms with E-state index in [-0.39, 0.29) is 11.9 Å². The fourth-order valence-electron chi connectivity index (χ4n) is 2.43. The Bertz CT molecular complexity index is 647. The van der Waals surface area contributed by atoms with E-state index in [1.165, 1.54) is 0 Å². The number of oxime groups is 1. The van der Waals surface area contributed by atoms with Crippen molar-refractivity contribution in [2.45, 2.75) is 33.4 Å². The number of hydrogen-bond donors (Lipinski definition) is 3. The van der Waals surface area contributed by atoms with Gasteiger partial charge in [-0.25, -0.2) is 0 Å². The van der Waals surface area contributed by atoms with Gasteiger partial charge in [-0.1, -0.05) is 29.4 Å². The molecule has 2 rings (SSSR count). The first-order valence-corrected chi connectivity index (χ1v) is 6.89. The second-order valence-corrected chi connectivity index (χ2v) is 5.11. The van der Waals surface area contributed by atoms with Crippen LogP contribution in [0.4, 0.5) is 0 Å². The van der Waals surface area contributed by atoms with Crippen molar-refractivity contribution in [1.82, 2.24) is 5.32 Å². The lowest BCUT2D eigenvalue weighted by molar-refractivity contribution is 0.318. The van der Waals surface area contributed by atoms with E-state index in [1.54, 1.807) is 0 Å². The van der Waals surface area contributed by atoms with Crippen LogP contribution in [0, 0.1) is 13.8 Å². The van der Waals surface area contributed by atoms with Crippen LogP contribution >= 0.6 is 0 Å². The highest BCUT2D eigenvalue weighted by Crippen LogP contribution is 2.21. The molecule has 1 unspecified atom stereocenters. The number of furan rings is 1. The molecule has 0 aliphatic carbocycles. The van der Waals surface area contributed by atoms with E-state index in [1.807, 2.05) is 44.2 Å². The van der Waals surface area contributed by atoms with Crippen molar-refractivity contribution in [2.24, 2.45) is 10.9 Å². The summed E-state index contributed by atoms with van der Waals surface area (Å²) in [6.07, 6.45) is 0. The average Bonchev–Trinajstić information content (AvgIpc) is 2.83. The minimum atomic E-state index is 0.121. The summed E-state index contributed by atoms with van der Waals surface area (Å²) < 4.78 is 5.55. The van der Waals surface area contributed by atoms with Crippen LogP contribution in [-0.2, 0) is 6.54 Å². The van der Waals surface area contributed by atoms with Gasteiger partial charge in [0.2, 0.25) is 0 Å². The van der Waals surface area contributed by atoms with E-state index in [0.717, 1.165) is 28.2 Å². The molecule has 0 fully saturated rings. The van der Waals surface area contributed by atoms with Crippen molar-refractivity contribution < 1.29 is 9.62 Å². The smallest absolute Gasteiger partial charge is 0.170 e. The summed E-state index contributed by atoms with van der Waals surface area (Å²) >= 11 is 0. The first kappa shape index (κ1) is 15.1. The lowest BCUT2D eigenvalue weighted by Gasteiger charge is -2.15. The Hall–Kier alpha value is -2.27. The van der Waals surface area contributed by atoms with Gasteiger partial charge in [0.15, 0.2) is 5.84 Å². The third-order valence-corrected chi connectivity index (χ3v) is 3.55. The van der Waals surface area contributed by atoms with Crippen LogP contribution in [-0.4, -0.2) is 11.0 Å². The zero-order chi connectivity index (χ0) is 15.4. The van der Waals surface area contributed by atoms with E-state index < -0.39 is 0 Å². The monoisotopic (exact) mass is 287 g/mol. The van der Waals surface area contributed by atoms with Gasteiger partial charge in [-0.2, -0.15) is 0 Å². The lowest BCUT2D eigenvalue weighted by atomic mass is 10.1. The Morgan fingerprint density at radius 1 is 1.38 bits per heavy atom. The Labute approximate surface area is 124 Å². The minimum Gasteiger partial charge on any atom is -0.466 e. The van der Waals surface area contributed by atoms with Gasteiger partial charge in [-0.05, 0) is 32.4 Å². The van der Waals surface area contributed by atoms with Crippen LogP contribution in [0.5, 0.6) is 0 Å². The number of nitrogens with one attached hydrogen (secondary N) is 1. The van der Waals surface area contributed by atoms with Crippen LogP contribution in [0.3, 0.4) is 0 Å². The summed E-state index contributed by atoms with van der Waals surface area (Å²) in [5, 5.41) is 15.3. The van der Waals surface area contributed by atoms with Crippen LogP contribution in [0.1, 0.15) is 41.2 Å². The number of aryl methyl sites for hydroxylation is 2. The fraction of sp³-hybridized carbons (Fsp3) is 0.312. The highest BCUT2D eigenvalue weighted by Gasteiger charge is 2.13. The molecule has 0 saturated heterocycles. The second-order valence-electron chi connectivity index (χ2n) is 5.11. The molecule has 21 heavy (non-hydrogen) atoms. The molecule has 0 spiro atoms. The summed E-state index contributed by atoms with van der Waals surface area (Å²) in [6.45, 7) is 6.61. The maximum atomic E-state index is 8.84. The first-order valence-electron chi connectivity index (χ1n) is 6.89. The number of rotatable bonds is 5. The third-order valence-electron chi connectivity index (χ3n) is 3.55. The maximum absolute atomic E-state index is 8.84. The molecule has 0 amide bonds. The zero-order valence-corrected chi connectivity index (χ0v) is 12.6. The standard InChI is InChI=1S/C16H21N3O2/c1-10-8-15(12(3)21-10)11(2)18-9-13-6-4-5-7-14(13)16(17)19-20/h4-8,11,18,20H,9H2,1-3H3,(H2,17,19). The molecule has 0 bridgehead atoms. The van der Waals surface area contributed by atoms with E-state index >= 15 is 0 Å². The average molecular weight is 287 g/mol. The summed E-state index contributed by atoms with van der Waals surface area (Å²) in [7, 11) is 0. The van der Waals surface area contributed by atoms with Crippen molar-refractivity contribution >= 4 is 5.84 Å². The van der Waals surface area contributed by atoms with Gasteiger partial charge in [-0.15, -0.1) is 0 Å². The van der Waals surface area contributed by atoms with Crippen LogP contribution in [0.15, 0.2) is 39.9 Å². The fourth-order valence-corrected chi connectivity index (χ4v) is 2.43. The normalized spacial score (nSPS) is 13.4. The second kappa shape index (κ2) is 6.45. The van der Waals surface area contributed by atoms with E-state index in [9.17, 15) is 0 Å². The predicted molar refractivity (Wildman–Crippen MR) is 82.4 cm³/mol. The van der Waals surface area contributed by atoms with Crippen molar-refractivity contribution in [2.75, 3.05) is 0 Å². The predicted octanol–water partition coefficient (Wildman–Crippen LogP) is 2.84. The molecule has 1 aromatic carbocycles. The summed E-state index contributed by atoms with van der Waals surface area (Å²) in [6, 6.07) is 9.79. The van der Waals surface area contributed by atoms with Gasteiger partial charge in [0.05, 0.1) is 0 Å². The van der Waals surface area contributed by atoms with Crippen molar-refractivity contribution in [3.8, 4) is 0 Å². The van der Waals surface area contributed by atoms with E-state index in [0.29, 0.717) is 6.54 Å². The van der Waals surface area contributed by atoms with Gasteiger partial charge >= 0.3 is 0 Å². The molecule has 0 aliphatic heterocycles. The molecular formula is C16H21N3O2. The Kier molecular flexibility index (Phi) is 4.65. The largest absolute Gasteiger partial charge is 0.466 e. The van der Waals surface area contributed by atoms with Crippen LogP contribution < -0.4 is 11.1 Å². The molecule has 112 valence electrons. The maximum Gasteiger partial charge on any atom is 0.170 e. The summed E-state index contributed by atoms with van der Waals surface area (Å²) in [4.78, 5) is 0. The number of nitrogens with zero attached hydrogens (tertiary/aromatic N) is 1. The quantitative estimate of drug-likeness (QED) is 0.342. The number of amidine groups is 1. The van der Waals surface area contributed by atoms with Gasteiger partial charge < -0.3 is 20.7 Å². The summed E-state index contributed by atoms with van der Waals surface area (Å²) in [5.41, 5.74) is 8.56. The van der Waals surface area contributed by atoms with Gasteiger partial charge in [0.25, 0.3) is 0 Å². The molecular weight excluding hydrogens is 266 g/mol. The molecule has 2 aromatic rings. The topological polar surface area (TPSA) is 83.8 Å². The number of nitrogens with two attached hydrogens (primary N) is 1. The molecule has 1 aromatic heterocycles. The molecule has 4 N–H and O–H groups in total. The van der Waals surface area contributed by atoms with Gasteiger partial charge in [0.1, 0.15) is 11.5 Å². The summed E-state index contributed by atoms with van der Waals surface area (Å²) in [5.74, 6) is 1.96. The molecule has 0 saturated carbocycles. The molecule has 0 radical (unpaired) electrons. The highest BCUT2D eigenvalue weighted by atomic mass is 16.4. The molecule has 0 aliphatic rings. The zero-order valence-electron chi connectivity index (χ0n) is 12.6. The first-order chi connectivity index (χ1) is 10.0. The third kappa shape index (κ3) is 3.44. The van der Waals surface area contributed by atoms with Crippen molar-refractivity contribution in [3.05, 3.63) is 58.5 Å². The van der Waals surface area contributed by atoms with Crippen molar-refractivity contribution in [3.63, 3.8) is 0 Å². The van der Waals surface area contributed by atoms with Crippen LogP contribution in [0.25, 0.3) is 0 Å². The minimum absolute atomic E-state index is 0.121. The molecule has 5 heteroatoms. The molecule has 1 atom stereocenters. The van der Waals surface area contributed by atoms with Gasteiger partial charge in [-0.3, -0.25) is 0 Å². The molecule has 5 nitrogen and oxygen atoms in total. The Morgan fingerprint density at radius 2 is 2.10 bits per heavy atom. The Balaban J connectivity index is 2.12.